The molecule has 5 aromatic rings. The van der Waals surface area contributed by atoms with E-state index in [9.17, 15) is 0 Å². The van der Waals surface area contributed by atoms with E-state index in [1.165, 1.54) is 0 Å². The number of anilines is 1. The predicted molar refractivity (Wildman–Crippen MR) is 156 cm³/mol. The van der Waals surface area contributed by atoms with E-state index in [4.69, 9.17) is 0 Å². The number of hydrogen-bond donors (Lipinski definition) is 0. The minimum absolute atomic E-state index is 0.167. The average molecular weight is 521 g/mol. The predicted octanol–water partition coefficient (Wildman–Crippen LogP) is 6.46. The fourth-order valence-electron chi connectivity index (χ4n) is 6.68. The van der Waals surface area contributed by atoms with Crippen molar-refractivity contribution in [1.82, 2.24) is 4.90 Å². The Kier molecular flexibility index (Phi) is 5.64. The van der Waals surface area contributed by atoms with Crippen molar-refractivity contribution in [3.63, 3.8) is 0 Å². The summed E-state index contributed by atoms with van der Waals surface area (Å²) in [6.45, 7) is 0.357. The van der Waals surface area contributed by atoms with Crippen LogP contribution in [-0.2, 0) is 33.6 Å². The van der Waals surface area contributed by atoms with Crippen molar-refractivity contribution in [2.24, 2.45) is 0 Å². The maximum absolute atomic E-state index is 15.1. The number of rotatable bonds is 6. The summed E-state index contributed by atoms with van der Waals surface area (Å²) < 4.78 is 0. The van der Waals surface area contributed by atoms with Crippen LogP contribution in [0.15, 0.2) is 146 Å². The van der Waals surface area contributed by atoms with Gasteiger partial charge in [-0.25, -0.2) is 0 Å². The molecule has 5 aromatic carbocycles. The second-order valence-corrected chi connectivity index (χ2v) is 10.5. The molecule has 1 saturated heterocycles. The first-order chi connectivity index (χ1) is 19.7. The summed E-state index contributed by atoms with van der Waals surface area (Å²) in [6, 6.07) is 47.7. The van der Waals surface area contributed by atoms with E-state index in [1.807, 2.05) is 149 Å². The topological polar surface area (TPSA) is 40.6 Å². The van der Waals surface area contributed by atoms with Crippen LogP contribution in [0.25, 0.3) is 0 Å². The number of hydrogen-bond acceptors (Lipinski definition) is 2. The van der Waals surface area contributed by atoms with Crippen molar-refractivity contribution < 1.29 is 9.59 Å². The normalized spacial score (nSPS) is 21.4. The Morgan fingerprint density at radius 2 is 1.00 bits per heavy atom. The van der Waals surface area contributed by atoms with Gasteiger partial charge in [-0.05, 0) is 35.2 Å². The van der Waals surface area contributed by atoms with Gasteiger partial charge >= 0.3 is 0 Å². The maximum Gasteiger partial charge on any atom is 0.250 e. The molecule has 2 bridgehead atoms. The molecule has 0 saturated carbocycles. The number of carbonyl (C=O) groups is 2. The SMILES string of the molecule is O=C1N(Cc2ccccc2)[C@]2(c3ccccc3)c3ccccc3[C@@]1(Cc1ccccc1)C(=O)N2c1ccccc1. The van der Waals surface area contributed by atoms with E-state index < -0.39 is 11.1 Å². The molecule has 3 aliphatic rings. The van der Waals surface area contributed by atoms with E-state index >= 15 is 9.59 Å². The van der Waals surface area contributed by atoms with Crippen LogP contribution in [0.3, 0.4) is 0 Å². The largest absolute Gasteiger partial charge is 0.306 e. The highest BCUT2D eigenvalue weighted by Gasteiger charge is 2.70. The van der Waals surface area contributed by atoms with Gasteiger partial charge in [0.25, 0.3) is 0 Å². The number of carbonyl (C=O) groups excluding carboxylic acids is 2. The standard InChI is InChI=1S/C36H28N2O2/c39-33-35(25-27-15-5-1-6-16-27)31-23-13-14-24-32(31)36(29-19-9-3-10-20-29,37(33)26-28-17-7-2-8-18-28)38(34(35)40)30-21-11-4-12-22-30/h1-24H,25-26H2/t35-,36+/m1/s1. The van der Waals surface area contributed by atoms with Gasteiger partial charge in [-0.1, -0.05) is 133 Å². The number of amides is 2. The van der Waals surface area contributed by atoms with Gasteiger partial charge in [0.2, 0.25) is 11.8 Å². The fraction of sp³-hybridized carbons (Fsp3) is 0.111. The summed E-state index contributed by atoms with van der Waals surface area (Å²) in [5, 5.41) is 0. The lowest BCUT2D eigenvalue weighted by molar-refractivity contribution is -0.160. The molecule has 8 rings (SSSR count). The third-order valence-electron chi connectivity index (χ3n) is 8.34. The van der Waals surface area contributed by atoms with Gasteiger partial charge in [0, 0.05) is 23.4 Å². The van der Waals surface area contributed by atoms with Crippen molar-refractivity contribution in [3.8, 4) is 0 Å². The average Bonchev–Trinajstić information content (AvgIpc) is 3.02. The summed E-state index contributed by atoms with van der Waals surface area (Å²) >= 11 is 0. The first-order valence-electron chi connectivity index (χ1n) is 13.6. The Bertz CT molecular complexity index is 1690. The molecule has 3 aliphatic heterocycles. The van der Waals surface area contributed by atoms with E-state index in [0.29, 0.717) is 6.54 Å². The third kappa shape index (κ3) is 3.32. The van der Waals surface area contributed by atoms with Crippen LogP contribution in [0.5, 0.6) is 0 Å². The van der Waals surface area contributed by atoms with E-state index in [-0.39, 0.29) is 18.2 Å². The maximum atomic E-state index is 15.1. The molecule has 0 spiro atoms. The Morgan fingerprint density at radius 3 is 1.62 bits per heavy atom. The zero-order valence-electron chi connectivity index (χ0n) is 22.0. The second kappa shape index (κ2) is 9.35. The van der Waals surface area contributed by atoms with Crippen molar-refractivity contribution in [1.29, 1.82) is 0 Å². The summed E-state index contributed by atoms with van der Waals surface area (Å²) in [6.07, 6.45) is 0.280. The molecule has 4 heteroatoms. The van der Waals surface area contributed by atoms with Crippen molar-refractivity contribution in [2.75, 3.05) is 4.90 Å². The van der Waals surface area contributed by atoms with Gasteiger partial charge in [-0.15, -0.1) is 0 Å². The molecule has 4 nitrogen and oxygen atoms in total. The van der Waals surface area contributed by atoms with Gasteiger partial charge < -0.3 is 4.90 Å². The molecule has 0 unspecified atom stereocenters. The lowest BCUT2D eigenvalue weighted by Crippen LogP contribution is -2.79. The highest BCUT2D eigenvalue weighted by molar-refractivity contribution is 6.22. The minimum Gasteiger partial charge on any atom is -0.306 e. The lowest BCUT2D eigenvalue weighted by Gasteiger charge is -2.63. The molecule has 3 heterocycles. The zero-order valence-corrected chi connectivity index (χ0v) is 22.0. The highest BCUT2D eigenvalue weighted by atomic mass is 16.2. The first-order valence-corrected chi connectivity index (χ1v) is 13.6. The van der Waals surface area contributed by atoms with Crippen molar-refractivity contribution >= 4 is 17.5 Å². The summed E-state index contributed by atoms with van der Waals surface area (Å²) in [4.78, 5) is 34.1. The summed E-state index contributed by atoms with van der Waals surface area (Å²) in [5.74, 6) is -0.362. The first kappa shape index (κ1) is 24.1. The van der Waals surface area contributed by atoms with Gasteiger partial charge in [-0.2, -0.15) is 0 Å². The molecule has 40 heavy (non-hydrogen) atoms. The minimum atomic E-state index is -1.40. The van der Waals surface area contributed by atoms with Crippen molar-refractivity contribution in [2.45, 2.75) is 24.0 Å². The Labute approximate surface area is 234 Å². The molecule has 0 radical (unpaired) electrons. The molecular weight excluding hydrogens is 492 g/mol. The van der Waals surface area contributed by atoms with Crippen LogP contribution in [-0.4, -0.2) is 16.7 Å². The van der Waals surface area contributed by atoms with Crippen LogP contribution >= 0.6 is 0 Å². The quantitative estimate of drug-likeness (QED) is 0.241. The summed E-state index contributed by atoms with van der Waals surface area (Å²) in [5.41, 5.74) is 2.75. The van der Waals surface area contributed by atoms with Gasteiger partial charge in [-0.3, -0.25) is 14.5 Å². The van der Waals surface area contributed by atoms with Crippen LogP contribution in [0.4, 0.5) is 5.69 Å². The zero-order chi connectivity index (χ0) is 27.2. The van der Waals surface area contributed by atoms with E-state index in [0.717, 1.165) is 33.5 Å². The number of nitrogens with zero attached hydrogens (tertiary/aromatic N) is 2. The Balaban J connectivity index is 1.60. The van der Waals surface area contributed by atoms with E-state index in [2.05, 4.69) is 6.07 Å². The number of para-hydroxylation sites is 1. The molecule has 0 N–H and O–H groups in total. The highest BCUT2D eigenvalue weighted by Crippen LogP contribution is 2.58. The molecule has 194 valence electrons. The second-order valence-electron chi connectivity index (χ2n) is 10.5. The number of benzene rings is 5. The van der Waals surface area contributed by atoms with Gasteiger partial charge in [0.1, 0.15) is 0 Å². The van der Waals surface area contributed by atoms with Gasteiger partial charge in [0.05, 0.1) is 0 Å². The van der Waals surface area contributed by atoms with E-state index in [1.54, 1.807) is 0 Å². The molecule has 2 amide bonds. The Hall–Kier alpha value is -4.96. The molecule has 1 fully saturated rings. The smallest absolute Gasteiger partial charge is 0.250 e. The molecule has 0 aromatic heterocycles. The Morgan fingerprint density at radius 1 is 0.500 bits per heavy atom. The monoisotopic (exact) mass is 520 g/mol. The number of fused-ring (bicyclic) bond motifs is 2. The summed E-state index contributed by atoms with van der Waals surface area (Å²) in [7, 11) is 0. The third-order valence-corrected chi connectivity index (χ3v) is 8.34. The molecule has 2 atom stereocenters. The van der Waals surface area contributed by atoms with Crippen LogP contribution in [0.1, 0.15) is 27.8 Å². The molecular formula is C36H28N2O2. The fourth-order valence-corrected chi connectivity index (χ4v) is 6.68. The van der Waals surface area contributed by atoms with Crippen LogP contribution < -0.4 is 4.90 Å². The lowest BCUT2D eigenvalue weighted by atomic mass is 9.60. The van der Waals surface area contributed by atoms with Crippen LogP contribution in [0, 0.1) is 0 Å². The van der Waals surface area contributed by atoms with Crippen molar-refractivity contribution in [3.05, 3.63) is 173 Å². The van der Waals surface area contributed by atoms with Crippen LogP contribution in [0.2, 0.25) is 0 Å². The van der Waals surface area contributed by atoms with Gasteiger partial charge in [0.15, 0.2) is 11.1 Å². The molecule has 0 aliphatic carbocycles.